The van der Waals surface area contributed by atoms with Crippen molar-refractivity contribution in [2.24, 2.45) is 0 Å². The third kappa shape index (κ3) is 4.06. The average molecular weight is 253 g/mol. The summed E-state index contributed by atoms with van der Waals surface area (Å²) >= 11 is 0. The molecule has 0 aliphatic heterocycles. The SMILES string of the molecule is CCc1[c-][nH]cc1CC.[CH3-].[CH3-].[Ru+3]. The molecule has 1 aromatic rings. The van der Waals surface area contributed by atoms with Crippen molar-refractivity contribution in [3.05, 3.63) is 38.4 Å². The van der Waals surface area contributed by atoms with E-state index in [1.165, 1.54) is 11.1 Å². The molecule has 0 unspecified atom stereocenters. The smallest absolute Gasteiger partial charge is 0.484 e. The number of hydrogen-bond donors (Lipinski definition) is 1. The summed E-state index contributed by atoms with van der Waals surface area (Å²) in [5, 5.41) is 0. The van der Waals surface area contributed by atoms with Crippen LogP contribution < -0.4 is 0 Å². The van der Waals surface area contributed by atoms with Crippen LogP contribution in [0.4, 0.5) is 0 Å². The molecule has 1 heterocycles. The van der Waals surface area contributed by atoms with Crippen molar-refractivity contribution in [3.63, 3.8) is 0 Å². The van der Waals surface area contributed by atoms with Crippen LogP contribution in [0, 0.1) is 21.1 Å². The maximum atomic E-state index is 3.08. The zero-order chi connectivity index (χ0) is 6.69. The Balaban J connectivity index is -0.000000270. The molecule has 1 nitrogen and oxygen atoms in total. The van der Waals surface area contributed by atoms with E-state index in [-0.39, 0.29) is 34.3 Å². The normalized spacial score (nSPS) is 7.50. The van der Waals surface area contributed by atoms with Crippen LogP contribution in [0.15, 0.2) is 6.20 Å². The zero-order valence-electron chi connectivity index (χ0n) is 8.35. The van der Waals surface area contributed by atoms with E-state index in [0.29, 0.717) is 0 Å². The maximum absolute atomic E-state index is 3.08. The molecule has 0 bridgehead atoms. The summed E-state index contributed by atoms with van der Waals surface area (Å²) in [6.07, 6.45) is 7.31. The van der Waals surface area contributed by atoms with E-state index in [1.54, 1.807) is 0 Å². The second-order valence-corrected chi connectivity index (χ2v) is 2.12. The van der Waals surface area contributed by atoms with Crippen LogP contribution in [-0.2, 0) is 32.3 Å². The molecule has 2 heteroatoms. The predicted octanol–water partition coefficient (Wildman–Crippen LogP) is 2.84. The molecule has 71 valence electrons. The van der Waals surface area contributed by atoms with Gasteiger partial charge in [-0.2, -0.15) is 11.1 Å². The maximum Gasteiger partial charge on any atom is 3.00 e. The van der Waals surface area contributed by atoms with Gasteiger partial charge in [0.25, 0.3) is 0 Å². The van der Waals surface area contributed by atoms with Crippen LogP contribution >= 0.6 is 0 Å². The molecule has 0 fully saturated rings. The van der Waals surface area contributed by atoms with E-state index in [0.717, 1.165) is 12.8 Å². The summed E-state index contributed by atoms with van der Waals surface area (Å²) in [7, 11) is 0. The van der Waals surface area contributed by atoms with Gasteiger partial charge in [0.2, 0.25) is 0 Å². The summed E-state index contributed by atoms with van der Waals surface area (Å²) in [4.78, 5) is 2.98. The van der Waals surface area contributed by atoms with E-state index >= 15 is 0 Å². The Morgan fingerprint density at radius 3 is 2.17 bits per heavy atom. The van der Waals surface area contributed by atoms with Crippen LogP contribution in [0.2, 0.25) is 0 Å². The molecule has 0 saturated carbocycles. The van der Waals surface area contributed by atoms with Crippen molar-refractivity contribution in [2.75, 3.05) is 0 Å². The van der Waals surface area contributed by atoms with Crippen LogP contribution in [-0.4, -0.2) is 4.98 Å². The number of aromatic nitrogens is 1. The number of aryl methyl sites for hydroxylation is 2. The molecular weight excluding hydrogens is 235 g/mol. The Morgan fingerprint density at radius 1 is 1.25 bits per heavy atom. The van der Waals surface area contributed by atoms with Gasteiger partial charge in [-0.15, -0.1) is 12.4 Å². The van der Waals surface area contributed by atoms with Gasteiger partial charge in [0, 0.05) is 0 Å². The summed E-state index contributed by atoms with van der Waals surface area (Å²) in [6.45, 7) is 4.31. The van der Waals surface area contributed by atoms with Gasteiger partial charge in [0.05, 0.1) is 0 Å². The molecule has 1 aromatic heterocycles. The monoisotopic (exact) mass is 254 g/mol. The molecule has 0 saturated heterocycles. The largest absolute Gasteiger partial charge is 3.00 e. The van der Waals surface area contributed by atoms with Crippen molar-refractivity contribution < 1.29 is 19.5 Å². The standard InChI is InChI=1S/C8H12N.2CH3.Ru/c1-3-7-5-9-6-8(7)4-2;;;/h5,9H,3-4H2,1-2H3;2*1H3;/q3*-1;+3. The molecular formula is C10H18NRu. The zero-order valence-corrected chi connectivity index (χ0v) is 10.1. The van der Waals surface area contributed by atoms with Gasteiger partial charge in [-0.3, -0.25) is 0 Å². The van der Waals surface area contributed by atoms with Crippen LogP contribution in [0.25, 0.3) is 0 Å². The number of rotatable bonds is 2. The van der Waals surface area contributed by atoms with Gasteiger partial charge in [0.1, 0.15) is 0 Å². The van der Waals surface area contributed by atoms with Gasteiger partial charge in [-0.05, 0) is 0 Å². The van der Waals surface area contributed by atoms with Crippen LogP contribution in [0.3, 0.4) is 0 Å². The Labute approximate surface area is 89.7 Å². The Morgan fingerprint density at radius 2 is 1.83 bits per heavy atom. The van der Waals surface area contributed by atoms with Gasteiger partial charge in [-0.25, -0.2) is 0 Å². The number of H-pyrrole nitrogens is 1. The van der Waals surface area contributed by atoms with Crippen molar-refractivity contribution in [2.45, 2.75) is 26.7 Å². The van der Waals surface area contributed by atoms with Crippen molar-refractivity contribution in [1.29, 1.82) is 0 Å². The molecule has 0 aromatic carbocycles. The van der Waals surface area contributed by atoms with E-state index < -0.39 is 0 Å². The molecule has 1 radical (unpaired) electrons. The quantitative estimate of drug-likeness (QED) is 0.616. The topological polar surface area (TPSA) is 15.8 Å². The van der Waals surface area contributed by atoms with Crippen molar-refractivity contribution in [1.82, 2.24) is 4.98 Å². The first-order valence-corrected chi connectivity index (χ1v) is 3.45. The molecule has 0 aliphatic carbocycles. The minimum Gasteiger partial charge on any atom is -0.484 e. The molecule has 0 atom stereocenters. The second-order valence-electron chi connectivity index (χ2n) is 2.12. The molecule has 1 rings (SSSR count). The second kappa shape index (κ2) is 9.00. The first kappa shape index (κ1) is 17.9. The van der Waals surface area contributed by atoms with Crippen LogP contribution in [0.1, 0.15) is 25.0 Å². The van der Waals surface area contributed by atoms with E-state index in [9.17, 15) is 0 Å². The van der Waals surface area contributed by atoms with Crippen molar-refractivity contribution >= 4 is 0 Å². The van der Waals surface area contributed by atoms with Gasteiger partial charge < -0.3 is 19.8 Å². The fourth-order valence-electron chi connectivity index (χ4n) is 1.01. The van der Waals surface area contributed by atoms with E-state index in [1.807, 2.05) is 6.20 Å². The molecule has 0 spiro atoms. The van der Waals surface area contributed by atoms with Crippen LogP contribution in [0.5, 0.6) is 0 Å². The fraction of sp³-hybridized carbons (Fsp3) is 0.400. The molecule has 0 amide bonds. The Kier molecular flexibility index (Phi) is 13.4. The fourth-order valence-corrected chi connectivity index (χ4v) is 1.01. The summed E-state index contributed by atoms with van der Waals surface area (Å²) in [6, 6.07) is 0. The van der Waals surface area contributed by atoms with Crippen molar-refractivity contribution in [3.8, 4) is 0 Å². The Bertz CT molecular complexity index is 163. The number of nitrogens with one attached hydrogen (secondary N) is 1. The summed E-state index contributed by atoms with van der Waals surface area (Å²) in [5.74, 6) is 0. The summed E-state index contributed by atoms with van der Waals surface area (Å²) in [5.41, 5.74) is 2.73. The average Bonchev–Trinajstić information content (AvgIpc) is 2.33. The first-order chi connectivity index (χ1) is 4.38. The third-order valence-electron chi connectivity index (χ3n) is 1.59. The molecule has 0 aliphatic rings. The van der Waals surface area contributed by atoms with Gasteiger partial charge in [-0.1, -0.05) is 26.7 Å². The van der Waals surface area contributed by atoms with Gasteiger partial charge >= 0.3 is 19.5 Å². The number of hydrogen-bond acceptors (Lipinski definition) is 0. The van der Waals surface area contributed by atoms with E-state index in [4.69, 9.17) is 0 Å². The Hall–Kier alpha value is -0.0966. The first-order valence-electron chi connectivity index (χ1n) is 3.45. The minimum atomic E-state index is 0. The summed E-state index contributed by atoms with van der Waals surface area (Å²) < 4.78 is 0. The predicted molar refractivity (Wildman–Crippen MR) is 51.2 cm³/mol. The van der Waals surface area contributed by atoms with Gasteiger partial charge in [0.15, 0.2) is 0 Å². The third-order valence-corrected chi connectivity index (χ3v) is 1.59. The minimum absolute atomic E-state index is 0. The number of aromatic amines is 1. The molecule has 1 N–H and O–H groups in total. The van der Waals surface area contributed by atoms with E-state index in [2.05, 4.69) is 25.0 Å². The molecule has 12 heavy (non-hydrogen) atoms.